The summed E-state index contributed by atoms with van der Waals surface area (Å²) in [6, 6.07) is 3.55. The van der Waals surface area contributed by atoms with Gasteiger partial charge in [-0.15, -0.1) is 0 Å². The third kappa shape index (κ3) is 4.42. The number of rotatable bonds is 3. The first-order valence-corrected chi connectivity index (χ1v) is 6.55. The van der Waals surface area contributed by atoms with Crippen molar-refractivity contribution in [1.82, 2.24) is 5.32 Å². The van der Waals surface area contributed by atoms with Crippen molar-refractivity contribution in [1.29, 1.82) is 0 Å². The molecule has 0 heterocycles. The van der Waals surface area contributed by atoms with E-state index in [4.69, 9.17) is 16.7 Å². The highest BCUT2D eigenvalue weighted by Crippen LogP contribution is 2.22. The smallest absolute Gasteiger partial charge is 0.326 e. The Morgan fingerprint density at radius 3 is 2.40 bits per heavy atom. The van der Waals surface area contributed by atoms with E-state index in [9.17, 15) is 9.59 Å². The van der Waals surface area contributed by atoms with E-state index in [1.54, 1.807) is 39.0 Å². The summed E-state index contributed by atoms with van der Waals surface area (Å²) in [5.41, 5.74) is 0.798. The monoisotopic (exact) mass is 298 g/mol. The molecule has 20 heavy (non-hydrogen) atoms. The molecule has 1 rings (SSSR count). The van der Waals surface area contributed by atoms with Crippen molar-refractivity contribution in [2.75, 3.05) is 5.32 Å². The van der Waals surface area contributed by atoms with Crippen LogP contribution in [0.5, 0.6) is 0 Å². The highest BCUT2D eigenvalue weighted by Gasteiger charge is 2.32. The Bertz CT molecular complexity index is 524. The molecule has 2 amide bonds. The molecule has 0 spiro atoms. The zero-order valence-corrected chi connectivity index (χ0v) is 12.7. The summed E-state index contributed by atoms with van der Waals surface area (Å²) >= 11 is 5.86. The van der Waals surface area contributed by atoms with Crippen molar-refractivity contribution >= 4 is 29.3 Å². The minimum Gasteiger partial charge on any atom is -0.480 e. The number of benzene rings is 1. The molecule has 5 nitrogen and oxygen atoms in total. The molecule has 0 aliphatic heterocycles. The van der Waals surface area contributed by atoms with Gasteiger partial charge in [-0.3, -0.25) is 0 Å². The summed E-state index contributed by atoms with van der Waals surface area (Å²) < 4.78 is 0. The lowest BCUT2D eigenvalue weighted by Crippen LogP contribution is -2.50. The number of hydrogen-bond acceptors (Lipinski definition) is 2. The van der Waals surface area contributed by atoms with E-state index in [0.29, 0.717) is 10.7 Å². The van der Waals surface area contributed by atoms with Gasteiger partial charge in [0, 0.05) is 10.7 Å². The van der Waals surface area contributed by atoms with E-state index < -0.39 is 23.5 Å². The van der Waals surface area contributed by atoms with E-state index in [-0.39, 0.29) is 0 Å². The van der Waals surface area contributed by atoms with Crippen molar-refractivity contribution < 1.29 is 14.7 Å². The predicted octanol–water partition coefficient (Wildman–Crippen LogP) is 3.27. The molecular weight excluding hydrogens is 280 g/mol. The molecule has 6 heteroatoms. The summed E-state index contributed by atoms with van der Waals surface area (Å²) in [5.74, 6) is -1.07. The normalized spacial score (nSPS) is 12.7. The third-order valence-corrected chi connectivity index (χ3v) is 3.07. The molecule has 0 bridgehead atoms. The van der Waals surface area contributed by atoms with Crippen LogP contribution in [-0.2, 0) is 4.79 Å². The van der Waals surface area contributed by atoms with Crippen molar-refractivity contribution in [3.05, 3.63) is 28.8 Å². The highest BCUT2D eigenvalue weighted by atomic mass is 35.5. The number of aliphatic carboxylic acids is 1. The summed E-state index contributed by atoms with van der Waals surface area (Å²) in [5, 5.41) is 14.7. The number of hydrogen-bond donors (Lipinski definition) is 3. The molecule has 1 atom stereocenters. The number of carboxylic acid groups (broad SMARTS) is 1. The van der Waals surface area contributed by atoms with Gasteiger partial charge in [0.25, 0.3) is 0 Å². The van der Waals surface area contributed by atoms with Crippen molar-refractivity contribution in [3.8, 4) is 0 Å². The zero-order valence-electron chi connectivity index (χ0n) is 12.0. The summed E-state index contributed by atoms with van der Waals surface area (Å²) in [4.78, 5) is 23.1. The molecule has 0 fully saturated rings. The predicted molar refractivity (Wildman–Crippen MR) is 79.2 cm³/mol. The van der Waals surface area contributed by atoms with Crippen LogP contribution in [0.3, 0.4) is 0 Å². The molecule has 0 aliphatic rings. The fourth-order valence-electron chi connectivity index (χ4n) is 1.67. The van der Waals surface area contributed by atoms with Crippen LogP contribution in [0.1, 0.15) is 26.3 Å². The lowest BCUT2D eigenvalue weighted by Gasteiger charge is -2.27. The van der Waals surface area contributed by atoms with Gasteiger partial charge in [-0.1, -0.05) is 38.4 Å². The van der Waals surface area contributed by atoms with Gasteiger partial charge in [-0.25, -0.2) is 9.59 Å². The van der Waals surface area contributed by atoms with Crippen LogP contribution < -0.4 is 10.6 Å². The number of aryl methyl sites for hydroxylation is 1. The van der Waals surface area contributed by atoms with Crippen molar-refractivity contribution in [2.45, 2.75) is 33.7 Å². The van der Waals surface area contributed by atoms with Crippen LogP contribution in [0.25, 0.3) is 0 Å². The average molecular weight is 299 g/mol. The molecule has 0 radical (unpaired) electrons. The Kier molecular flexibility index (Phi) is 5.00. The summed E-state index contributed by atoms with van der Waals surface area (Å²) in [7, 11) is 0. The lowest BCUT2D eigenvalue weighted by atomic mass is 9.87. The van der Waals surface area contributed by atoms with Gasteiger partial charge < -0.3 is 15.7 Å². The number of carbonyl (C=O) groups excluding carboxylic acids is 1. The second-order valence-electron chi connectivity index (χ2n) is 5.69. The Morgan fingerprint density at radius 1 is 1.30 bits per heavy atom. The summed E-state index contributed by atoms with van der Waals surface area (Å²) in [6.07, 6.45) is 0. The van der Waals surface area contributed by atoms with Gasteiger partial charge >= 0.3 is 12.0 Å². The van der Waals surface area contributed by atoms with E-state index >= 15 is 0 Å². The minimum atomic E-state index is -1.07. The van der Waals surface area contributed by atoms with Crippen LogP contribution >= 0.6 is 11.6 Å². The van der Waals surface area contributed by atoms with Gasteiger partial charge in [-0.05, 0) is 30.0 Å². The van der Waals surface area contributed by atoms with Crippen molar-refractivity contribution in [3.63, 3.8) is 0 Å². The molecule has 3 N–H and O–H groups in total. The van der Waals surface area contributed by atoms with Gasteiger partial charge in [-0.2, -0.15) is 0 Å². The Hall–Kier alpha value is -1.75. The van der Waals surface area contributed by atoms with Gasteiger partial charge in [0.2, 0.25) is 0 Å². The van der Waals surface area contributed by atoms with Crippen LogP contribution in [0.4, 0.5) is 10.5 Å². The number of nitrogens with one attached hydrogen (secondary N) is 2. The van der Waals surface area contributed by atoms with E-state index in [1.807, 2.05) is 6.92 Å². The second-order valence-corrected chi connectivity index (χ2v) is 6.13. The Balaban J connectivity index is 2.81. The SMILES string of the molecule is Cc1ccc(Cl)cc1NC(=O)N[C@@H](C(=O)O)C(C)(C)C. The molecule has 0 saturated carbocycles. The second kappa shape index (κ2) is 6.13. The first-order valence-electron chi connectivity index (χ1n) is 6.17. The zero-order chi connectivity index (χ0) is 15.5. The van der Waals surface area contributed by atoms with E-state index in [2.05, 4.69) is 10.6 Å². The van der Waals surface area contributed by atoms with E-state index in [0.717, 1.165) is 5.56 Å². The number of halogens is 1. The highest BCUT2D eigenvalue weighted by molar-refractivity contribution is 6.31. The molecule has 0 saturated heterocycles. The number of urea groups is 1. The molecule has 1 aromatic carbocycles. The molecule has 110 valence electrons. The number of carboxylic acids is 1. The summed E-state index contributed by atoms with van der Waals surface area (Å²) in [6.45, 7) is 7.06. The number of amides is 2. The van der Waals surface area contributed by atoms with Crippen LogP contribution in [0.2, 0.25) is 5.02 Å². The van der Waals surface area contributed by atoms with E-state index in [1.165, 1.54) is 0 Å². The maximum atomic E-state index is 11.9. The average Bonchev–Trinajstić information content (AvgIpc) is 2.29. The third-order valence-electron chi connectivity index (χ3n) is 2.84. The maximum Gasteiger partial charge on any atom is 0.326 e. The van der Waals surface area contributed by atoms with Crippen LogP contribution in [0.15, 0.2) is 18.2 Å². The van der Waals surface area contributed by atoms with Gasteiger partial charge in [0.15, 0.2) is 0 Å². The molecule has 1 aromatic rings. The topological polar surface area (TPSA) is 78.4 Å². The van der Waals surface area contributed by atoms with Crippen LogP contribution in [-0.4, -0.2) is 23.1 Å². The molecular formula is C14H19ClN2O3. The number of anilines is 1. The van der Waals surface area contributed by atoms with Crippen molar-refractivity contribution in [2.24, 2.45) is 5.41 Å². The lowest BCUT2D eigenvalue weighted by molar-refractivity contribution is -0.141. The maximum absolute atomic E-state index is 11.9. The first kappa shape index (κ1) is 16.3. The van der Waals surface area contributed by atoms with Crippen LogP contribution in [0, 0.1) is 12.3 Å². The standard InChI is InChI=1S/C14H19ClN2O3/c1-8-5-6-9(15)7-10(8)16-13(20)17-11(12(18)19)14(2,3)4/h5-7,11H,1-4H3,(H,18,19)(H2,16,17,20)/t11-/m0/s1. The minimum absolute atomic E-state index is 0.497. The number of carbonyl (C=O) groups is 2. The fraction of sp³-hybridized carbons (Fsp3) is 0.429. The quantitative estimate of drug-likeness (QED) is 0.801. The molecule has 0 unspecified atom stereocenters. The largest absolute Gasteiger partial charge is 0.480 e. The Morgan fingerprint density at radius 2 is 1.90 bits per heavy atom. The Labute approximate surface area is 123 Å². The first-order chi connectivity index (χ1) is 9.11. The molecule has 0 aliphatic carbocycles. The van der Waals surface area contributed by atoms with Gasteiger partial charge in [0.1, 0.15) is 6.04 Å². The van der Waals surface area contributed by atoms with Gasteiger partial charge in [0.05, 0.1) is 0 Å². The molecule has 0 aromatic heterocycles. The fourth-order valence-corrected chi connectivity index (χ4v) is 1.84.